The van der Waals surface area contributed by atoms with E-state index in [-0.39, 0.29) is 6.10 Å². The van der Waals surface area contributed by atoms with E-state index in [1.54, 1.807) is 7.11 Å². The summed E-state index contributed by atoms with van der Waals surface area (Å²) < 4.78 is 6.97. The van der Waals surface area contributed by atoms with Crippen LogP contribution in [0.15, 0.2) is 24.3 Å². The van der Waals surface area contributed by atoms with Crippen LogP contribution in [-0.2, 0) is 18.2 Å². The summed E-state index contributed by atoms with van der Waals surface area (Å²) >= 11 is 0. The van der Waals surface area contributed by atoms with Gasteiger partial charge in [-0.3, -0.25) is 4.68 Å². The maximum atomic E-state index is 10.2. The summed E-state index contributed by atoms with van der Waals surface area (Å²) in [5.41, 5.74) is 2.07. The van der Waals surface area contributed by atoms with Gasteiger partial charge in [0.1, 0.15) is 0 Å². The molecule has 0 aliphatic heterocycles. The van der Waals surface area contributed by atoms with E-state index in [1.165, 1.54) is 0 Å². The van der Waals surface area contributed by atoms with Gasteiger partial charge in [0.15, 0.2) is 0 Å². The maximum absolute atomic E-state index is 10.2. The third-order valence-corrected chi connectivity index (χ3v) is 3.39. The molecule has 1 aromatic heterocycles. The van der Waals surface area contributed by atoms with Gasteiger partial charge in [-0.2, -0.15) is 5.10 Å². The molecular weight excluding hydrogens is 240 g/mol. The first-order valence-electron chi connectivity index (χ1n) is 6.69. The third-order valence-electron chi connectivity index (χ3n) is 3.39. The van der Waals surface area contributed by atoms with Crippen LogP contribution in [0.2, 0.25) is 0 Å². The highest BCUT2D eigenvalue weighted by Crippen LogP contribution is 2.20. The molecule has 0 aliphatic rings. The van der Waals surface area contributed by atoms with Crippen molar-refractivity contribution in [3.63, 3.8) is 0 Å². The third kappa shape index (κ3) is 3.33. The summed E-state index contributed by atoms with van der Waals surface area (Å²) in [6.07, 6.45) is 0.956. The number of rotatable bonds is 6. The molecule has 0 saturated carbocycles. The minimum atomic E-state index is -0.372. The van der Waals surface area contributed by atoms with Crippen LogP contribution in [0, 0.1) is 5.92 Å². The fourth-order valence-corrected chi connectivity index (χ4v) is 2.56. The smallest absolute Gasteiger partial charge is 0.0728 e. The van der Waals surface area contributed by atoms with Gasteiger partial charge < -0.3 is 9.84 Å². The first-order valence-corrected chi connectivity index (χ1v) is 6.69. The Kier molecular flexibility index (Phi) is 4.56. The molecule has 0 radical (unpaired) electrons. The van der Waals surface area contributed by atoms with Gasteiger partial charge in [0.05, 0.1) is 17.3 Å². The zero-order valence-electron chi connectivity index (χ0n) is 11.8. The molecule has 4 nitrogen and oxygen atoms in total. The molecule has 2 atom stereocenters. The highest BCUT2D eigenvalue weighted by atomic mass is 16.5. The zero-order valence-corrected chi connectivity index (χ0v) is 11.8. The predicted octanol–water partition coefficient (Wildman–Crippen LogP) is 2.15. The molecule has 0 aliphatic carbocycles. The van der Waals surface area contributed by atoms with E-state index in [4.69, 9.17) is 4.74 Å². The van der Waals surface area contributed by atoms with Crippen molar-refractivity contribution >= 4 is 10.9 Å². The molecule has 2 aromatic rings. The number of aromatic nitrogens is 2. The van der Waals surface area contributed by atoms with Crippen LogP contribution >= 0.6 is 0 Å². The van der Waals surface area contributed by atoms with E-state index in [1.807, 2.05) is 29.9 Å². The van der Waals surface area contributed by atoms with Gasteiger partial charge in [-0.1, -0.05) is 25.1 Å². The second-order valence-electron chi connectivity index (χ2n) is 5.24. The molecule has 4 heteroatoms. The number of ether oxygens (including phenoxy) is 1. The fraction of sp³-hybridized carbons (Fsp3) is 0.533. The number of hydrogen-bond acceptors (Lipinski definition) is 3. The Morgan fingerprint density at radius 3 is 2.84 bits per heavy atom. The van der Waals surface area contributed by atoms with Crippen LogP contribution in [0.5, 0.6) is 0 Å². The van der Waals surface area contributed by atoms with Crippen molar-refractivity contribution in [2.45, 2.75) is 25.9 Å². The molecule has 0 amide bonds. The first kappa shape index (κ1) is 14.0. The van der Waals surface area contributed by atoms with Crippen LogP contribution in [0.3, 0.4) is 0 Å². The number of aryl methyl sites for hydroxylation is 1. The summed E-state index contributed by atoms with van der Waals surface area (Å²) in [5, 5.41) is 15.8. The number of aliphatic hydroxyl groups is 1. The highest BCUT2D eigenvalue weighted by molar-refractivity contribution is 5.81. The average Bonchev–Trinajstić information content (AvgIpc) is 2.67. The fourth-order valence-electron chi connectivity index (χ4n) is 2.56. The lowest BCUT2D eigenvalue weighted by Gasteiger charge is -2.14. The standard InChI is InChI=1S/C15H22N2O2/c1-11(10-19-3)8-12(18)9-14-13-6-4-5-7-15(13)17(2)16-14/h4-7,11-12,18H,8-10H2,1-3H3. The Labute approximate surface area is 114 Å². The van der Waals surface area contributed by atoms with Gasteiger partial charge in [0, 0.05) is 32.6 Å². The number of benzene rings is 1. The van der Waals surface area contributed by atoms with Crippen LogP contribution in [-0.4, -0.2) is 34.7 Å². The van der Waals surface area contributed by atoms with Crippen LogP contribution in [0.25, 0.3) is 10.9 Å². The van der Waals surface area contributed by atoms with Crippen LogP contribution in [0.4, 0.5) is 0 Å². The monoisotopic (exact) mass is 262 g/mol. The van der Waals surface area contributed by atoms with Crippen LogP contribution < -0.4 is 0 Å². The Balaban J connectivity index is 2.09. The lowest BCUT2D eigenvalue weighted by molar-refractivity contribution is 0.101. The normalized spacial score (nSPS) is 14.7. The quantitative estimate of drug-likeness (QED) is 0.867. The molecule has 19 heavy (non-hydrogen) atoms. The van der Waals surface area contributed by atoms with E-state index < -0.39 is 0 Å². The number of nitrogens with zero attached hydrogens (tertiary/aromatic N) is 2. The molecule has 2 unspecified atom stereocenters. The minimum Gasteiger partial charge on any atom is -0.393 e. The molecular formula is C15H22N2O2. The van der Waals surface area contributed by atoms with Crippen LogP contribution in [0.1, 0.15) is 19.0 Å². The molecule has 104 valence electrons. The van der Waals surface area contributed by atoms with Crippen molar-refractivity contribution in [2.24, 2.45) is 13.0 Å². The zero-order chi connectivity index (χ0) is 13.8. The van der Waals surface area contributed by atoms with E-state index in [9.17, 15) is 5.11 Å². The second kappa shape index (κ2) is 6.17. The molecule has 1 N–H and O–H groups in total. The highest BCUT2D eigenvalue weighted by Gasteiger charge is 2.15. The van der Waals surface area contributed by atoms with E-state index in [2.05, 4.69) is 18.1 Å². The summed E-state index contributed by atoms with van der Waals surface area (Å²) in [5.74, 6) is 0.356. The Bertz CT molecular complexity index is 536. The molecule has 1 aromatic carbocycles. The number of aliphatic hydroxyl groups excluding tert-OH is 1. The molecule has 0 saturated heterocycles. The topological polar surface area (TPSA) is 47.3 Å². The summed E-state index contributed by atoms with van der Waals surface area (Å²) in [6.45, 7) is 2.77. The van der Waals surface area contributed by atoms with Gasteiger partial charge in [0.25, 0.3) is 0 Å². The molecule has 2 rings (SSSR count). The lowest BCUT2D eigenvalue weighted by Crippen LogP contribution is -2.17. The van der Waals surface area contributed by atoms with Crippen molar-refractivity contribution in [1.29, 1.82) is 0 Å². The van der Waals surface area contributed by atoms with Crippen molar-refractivity contribution < 1.29 is 9.84 Å². The number of fused-ring (bicyclic) bond motifs is 1. The first-order chi connectivity index (χ1) is 9.11. The molecule has 0 spiro atoms. The van der Waals surface area contributed by atoms with E-state index >= 15 is 0 Å². The van der Waals surface area contributed by atoms with Crippen molar-refractivity contribution in [1.82, 2.24) is 9.78 Å². The van der Waals surface area contributed by atoms with Crippen molar-refractivity contribution in [3.05, 3.63) is 30.0 Å². The van der Waals surface area contributed by atoms with Gasteiger partial charge in [-0.25, -0.2) is 0 Å². The van der Waals surface area contributed by atoms with Gasteiger partial charge in [-0.05, 0) is 18.4 Å². The van der Waals surface area contributed by atoms with Gasteiger partial charge in [-0.15, -0.1) is 0 Å². The maximum Gasteiger partial charge on any atom is 0.0728 e. The molecule has 1 heterocycles. The van der Waals surface area contributed by atoms with E-state index in [0.717, 1.165) is 23.0 Å². The predicted molar refractivity (Wildman–Crippen MR) is 76.1 cm³/mol. The number of para-hydroxylation sites is 1. The largest absolute Gasteiger partial charge is 0.393 e. The average molecular weight is 262 g/mol. The van der Waals surface area contributed by atoms with Gasteiger partial charge in [0.2, 0.25) is 0 Å². The lowest BCUT2D eigenvalue weighted by atomic mass is 10.0. The molecule has 0 fully saturated rings. The van der Waals surface area contributed by atoms with Gasteiger partial charge >= 0.3 is 0 Å². The summed E-state index contributed by atoms with van der Waals surface area (Å²) in [7, 11) is 3.63. The second-order valence-corrected chi connectivity index (χ2v) is 5.24. The summed E-state index contributed by atoms with van der Waals surface area (Å²) in [6, 6.07) is 8.12. The van der Waals surface area contributed by atoms with Crippen molar-refractivity contribution in [3.8, 4) is 0 Å². The Morgan fingerprint density at radius 1 is 1.37 bits per heavy atom. The minimum absolute atomic E-state index is 0.356. The molecule has 0 bridgehead atoms. The summed E-state index contributed by atoms with van der Waals surface area (Å²) in [4.78, 5) is 0. The van der Waals surface area contributed by atoms with E-state index in [0.29, 0.717) is 18.9 Å². The Morgan fingerprint density at radius 2 is 2.11 bits per heavy atom. The Hall–Kier alpha value is -1.39. The number of hydrogen-bond donors (Lipinski definition) is 1. The SMILES string of the molecule is COCC(C)CC(O)Cc1nn(C)c2ccccc12. The van der Waals surface area contributed by atoms with Crippen molar-refractivity contribution in [2.75, 3.05) is 13.7 Å². The number of methoxy groups -OCH3 is 1.